The van der Waals surface area contributed by atoms with Crippen molar-refractivity contribution in [3.63, 3.8) is 0 Å². The molecule has 1 aliphatic rings. The number of nitrogens with two attached hydrogens (primary N) is 1. The Labute approximate surface area is 111 Å². The van der Waals surface area contributed by atoms with Crippen LogP contribution in [-0.2, 0) is 7.05 Å². The summed E-state index contributed by atoms with van der Waals surface area (Å²) in [6.45, 7) is 1.76. The van der Waals surface area contributed by atoms with Gasteiger partial charge in [0.25, 0.3) is 0 Å². The number of aromatic nitrogens is 3. The van der Waals surface area contributed by atoms with Crippen LogP contribution in [0.5, 0.6) is 0 Å². The van der Waals surface area contributed by atoms with Crippen molar-refractivity contribution < 1.29 is 0 Å². The van der Waals surface area contributed by atoms with Gasteiger partial charge in [-0.3, -0.25) is 5.41 Å². The highest BCUT2D eigenvalue weighted by atomic mass is 15.2. The Morgan fingerprint density at radius 2 is 2.11 bits per heavy atom. The zero-order valence-corrected chi connectivity index (χ0v) is 11.0. The molecule has 0 aromatic carbocycles. The molecule has 0 spiro atoms. The number of fused-ring (bicyclic) bond motifs is 1. The first-order chi connectivity index (χ1) is 9.16. The molecule has 6 heteroatoms. The van der Waals surface area contributed by atoms with E-state index in [1.165, 1.54) is 0 Å². The van der Waals surface area contributed by atoms with Crippen molar-refractivity contribution >= 4 is 22.7 Å². The summed E-state index contributed by atoms with van der Waals surface area (Å²) in [5.41, 5.74) is 7.62. The fraction of sp³-hybridized carbons (Fsp3) is 0.462. The van der Waals surface area contributed by atoms with Crippen molar-refractivity contribution in [2.24, 2.45) is 18.7 Å². The normalized spacial score (nSPS) is 17.0. The largest absolute Gasteiger partial charge is 0.387 e. The SMILES string of the molecule is Cn1cnc2c(N3CCC(C(=N)N)CC3)nccc21. The van der Waals surface area contributed by atoms with Crippen LogP contribution in [0.3, 0.4) is 0 Å². The predicted octanol–water partition coefficient (Wildman–Crippen LogP) is 1.12. The lowest BCUT2D eigenvalue weighted by Gasteiger charge is -2.32. The first-order valence-electron chi connectivity index (χ1n) is 6.51. The zero-order chi connectivity index (χ0) is 13.4. The second kappa shape index (κ2) is 4.53. The van der Waals surface area contributed by atoms with E-state index in [1.54, 1.807) is 0 Å². The van der Waals surface area contributed by atoms with E-state index in [1.807, 2.05) is 30.2 Å². The minimum absolute atomic E-state index is 0.221. The molecule has 0 unspecified atom stereocenters. The number of hydrogen-bond acceptors (Lipinski definition) is 4. The van der Waals surface area contributed by atoms with E-state index in [2.05, 4.69) is 14.9 Å². The molecule has 3 heterocycles. The summed E-state index contributed by atoms with van der Waals surface area (Å²) < 4.78 is 2.00. The van der Waals surface area contributed by atoms with Crippen LogP contribution in [0, 0.1) is 11.3 Å². The van der Waals surface area contributed by atoms with E-state index in [0.717, 1.165) is 42.8 Å². The van der Waals surface area contributed by atoms with Gasteiger partial charge in [-0.2, -0.15) is 0 Å². The lowest BCUT2D eigenvalue weighted by Crippen LogP contribution is -2.38. The number of imidazole rings is 1. The average molecular weight is 258 g/mol. The Morgan fingerprint density at radius 1 is 1.37 bits per heavy atom. The zero-order valence-electron chi connectivity index (χ0n) is 11.0. The summed E-state index contributed by atoms with van der Waals surface area (Å²) in [4.78, 5) is 11.2. The van der Waals surface area contributed by atoms with Gasteiger partial charge in [0, 0.05) is 32.3 Å². The number of anilines is 1. The molecule has 6 nitrogen and oxygen atoms in total. The summed E-state index contributed by atoms with van der Waals surface area (Å²) >= 11 is 0. The molecular formula is C13H18N6. The maximum atomic E-state index is 7.52. The molecular weight excluding hydrogens is 240 g/mol. The van der Waals surface area contributed by atoms with E-state index in [4.69, 9.17) is 11.1 Å². The third kappa shape index (κ3) is 2.03. The lowest BCUT2D eigenvalue weighted by molar-refractivity contribution is 0.496. The molecule has 0 saturated carbocycles. The van der Waals surface area contributed by atoms with E-state index >= 15 is 0 Å². The first kappa shape index (κ1) is 12.0. The number of hydrogen-bond donors (Lipinski definition) is 2. The topological polar surface area (TPSA) is 83.8 Å². The molecule has 0 radical (unpaired) electrons. The van der Waals surface area contributed by atoms with Crippen molar-refractivity contribution in [1.82, 2.24) is 14.5 Å². The molecule has 1 aliphatic heterocycles. The smallest absolute Gasteiger partial charge is 0.156 e. The summed E-state index contributed by atoms with van der Waals surface area (Å²) in [5, 5.41) is 7.52. The highest BCUT2D eigenvalue weighted by Crippen LogP contribution is 2.26. The van der Waals surface area contributed by atoms with E-state index in [-0.39, 0.29) is 5.92 Å². The molecule has 0 bridgehead atoms. The number of rotatable bonds is 2. The summed E-state index contributed by atoms with van der Waals surface area (Å²) in [7, 11) is 1.99. The van der Waals surface area contributed by atoms with Crippen molar-refractivity contribution in [3.05, 3.63) is 18.6 Å². The first-order valence-corrected chi connectivity index (χ1v) is 6.51. The van der Waals surface area contributed by atoms with Crippen molar-refractivity contribution in [3.8, 4) is 0 Å². The van der Waals surface area contributed by atoms with Crippen LogP contribution in [-0.4, -0.2) is 33.5 Å². The van der Waals surface area contributed by atoms with Crippen LogP contribution >= 0.6 is 0 Å². The van der Waals surface area contributed by atoms with Gasteiger partial charge >= 0.3 is 0 Å². The van der Waals surface area contributed by atoms with Crippen molar-refractivity contribution in [2.45, 2.75) is 12.8 Å². The van der Waals surface area contributed by atoms with Crippen LogP contribution in [0.15, 0.2) is 18.6 Å². The number of nitrogens with zero attached hydrogens (tertiary/aromatic N) is 4. The highest BCUT2D eigenvalue weighted by molar-refractivity contribution is 5.86. The predicted molar refractivity (Wildman–Crippen MR) is 75.4 cm³/mol. The van der Waals surface area contributed by atoms with E-state index < -0.39 is 0 Å². The van der Waals surface area contributed by atoms with Gasteiger partial charge in [0.15, 0.2) is 5.82 Å². The number of piperidine rings is 1. The molecule has 3 N–H and O–H groups in total. The van der Waals surface area contributed by atoms with Gasteiger partial charge in [-0.05, 0) is 18.9 Å². The third-order valence-corrected chi connectivity index (χ3v) is 3.86. The quantitative estimate of drug-likeness (QED) is 0.624. The van der Waals surface area contributed by atoms with Crippen molar-refractivity contribution in [2.75, 3.05) is 18.0 Å². The minimum Gasteiger partial charge on any atom is -0.387 e. The molecule has 0 atom stereocenters. The highest BCUT2D eigenvalue weighted by Gasteiger charge is 2.23. The van der Waals surface area contributed by atoms with Crippen LogP contribution in [0.2, 0.25) is 0 Å². The Morgan fingerprint density at radius 3 is 2.79 bits per heavy atom. The van der Waals surface area contributed by atoms with Gasteiger partial charge in [-0.25, -0.2) is 9.97 Å². The lowest BCUT2D eigenvalue weighted by atomic mass is 9.96. The molecule has 100 valence electrons. The Kier molecular flexibility index (Phi) is 2.85. The molecule has 1 fully saturated rings. The van der Waals surface area contributed by atoms with Gasteiger partial charge in [0.2, 0.25) is 0 Å². The van der Waals surface area contributed by atoms with Gasteiger partial charge in [-0.1, -0.05) is 0 Å². The Hall–Kier alpha value is -2.11. The van der Waals surface area contributed by atoms with E-state index in [9.17, 15) is 0 Å². The van der Waals surface area contributed by atoms with Gasteiger partial charge in [-0.15, -0.1) is 0 Å². The Bertz CT molecular complexity index is 609. The second-order valence-electron chi connectivity index (χ2n) is 5.07. The number of nitrogens with one attached hydrogen (secondary N) is 1. The number of aryl methyl sites for hydroxylation is 1. The van der Waals surface area contributed by atoms with Gasteiger partial charge in [0.1, 0.15) is 5.52 Å². The maximum Gasteiger partial charge on any atom is 0.156 e. The average Bonchev–Trinajstić information content (AvgIpc) is 2.81. The number of pyridine rings is 1. The van der Waals surface area contributed by atoms with E-state index in [0.29, 0.717) is 5.84 Å². The second-order valence-corrected chi connectivity index (χ2v) is 5.07. The number of amidine groups is 1. The standard InChI is InChI=1S/C13H18N6/c1-18-8-17-11-10(18)2-5-16-13(11)19-6-3-9(4-7-19)12(14)15/h2,5,8-9H,3-4,6-7H2,1H3,(H3,14,15). The summed E-state index contributed by atoms with van der Waals surface area (Å²) in [6.07, 6.45) is 5.48. The van der Waals surface area contributed by atoms with Crippen LogP contribution in [0.4, 0.5) is 5.82 Å². The van der Waals surface area contributed by atoms with Gasteiger partial charge in [0.05, 0.1) is 17.7 Å². The van der Waals surface area contributed by atoms with Crippen LogP contribution < -0.4 is 10.6 Å². The molecule has 2 aromatic rings. The molecule has 19 heavy (non-hydrogen) atoms. The third-order valence-electron chi connectivity index (χ3n) is 3.86. The van der Waals surface area contributed by atoms with Crippen molar-refractivity contribution in [1.29, 1.82) is 5.41 Å². The molecule has 2 aromatic heterocycles. The summed E-state index contributed by atoms with van der Waals surface area (Å²) in [6, 6.07) is 1.98. The molecule has 3 rings (SSSR count). The molecule has 0 amide bonds. The van der Waals surface area contributed by atoms with Crippen LogP contribution in [0.1, 0.15) is 12.8 Å². The monoisotopic (exact) mass is 258 g/mol. The summed E-state index contributed by atoms with van der Waals surface area (Å²) in [5.74, 6) is 1.47. The van der Waals surface area contributed by atoms with Crippen LogP contribution in [0.25, 0.3) is 11.0 Å². The molecule has 0 aliphatic carbocycles. The fourth-order valence-corrected chi connectivity index (χ4v) is 2.68. The maximum absolute atomic E-state index is 7.52. The Balaban J connectivity index is 1.88. The minimum atomic E-state index is 0.221. The molecule has 1 saturated heterocycles. The van der Waals surface area contributed by atoms with Gasteiger partial charge < -0.3 is 15.2 Å². The fourth-order valence-electron chi connectivity index (χ4n) is 2.68.